The highest BCUT2D eigenvalue weighted by molar-refractivity contribution is 7.80. The molecule has 0 aliphatic heterocycles. The largest absolute Gasteiger partial charge is 0.457 e. The standard InChI is InChI=1S/C16H13N3O2S/c17-10-14(15(18)20)16(22)19-11-5-4-8-13(9-11)21-12-6-2-1-3-7-12/h1-9,14H,(H2,18,20)(H,19,22). The van der Waals surface area contributed by atoms with Gasteiger partial charge in [0.2, 0.25) is 5.91 Å². The smallest absolute Gasteiger partial charge is 0.241 e. The Balaban J connectivity index is 2.10. The Morgan fingerprint density at radius 2 is 1.86 bits per heavy atom. The van der Waals surface area contributed by atoms with Crippen LogP contribution in [-0.2, 0) is 4.79 Å². The Labute approximate surface area is 133 Å². The van der Waals surface area contributed by atoms with Crippen LogP contribution in [0, 0.1) is 17.2 Å². The second-order valence-electron chi connectivity index (χ2n) is 4.40. The molecule has 0 saturated heterocycles. The number of para-hydroxylation sites is 1. The minimum atomic E-state index is -1.16. The number of thiocarbonyl (C=S) groups is 1. The highest BCUT2D eigenvalue weighted by Gasteiger charge is 2.20. The number of carbonyl (C=O) groups excluding carboxylic acids is 1. The molecule has 0 bridgehead atoms. The van der Waals surface area contributed by atoms with Crippen molar-refractivity contribution < 1.29 is 9.53 Å². The molecule has 6 heteroatoms. The van der Waals surface area contributed by atoms with Crippen molar-refractivity contribution in [2.45, 2.75) is 0 Å². The summed E-state index contributed by atoms with van der Waals surface area (Å²) < 4.78 is 5.69. The lowest BCUT2D eigenvalue weighted by atomic mass is 10.1. The van der Waals surface area contributed by atoms with Gasteiger partial charge in [-0.3, -0.25) is 4.79 Å². The van der Waals surface area contributed by atoms with E-state index in [0.29, 0.717) is 17.2 Å². The van der Waals surface area contributed by atoms with Crippen LogP contribution in [-0.4, -0.2) is 10.9 Å². The number of nitrogens with zero attached hydrogens (tertiary/aromatic N) is 1. The summed E-state index contributed by atoms with van der Waals surface area (Å²) in [6.45, 7) is 0. The number of benzene rings is 2. The predicted molar refractivity (Wildman–Crippen MR) is 87.5 cm³/mol. The Bertz CT molecular complexity index is 726. The number of nitrogens with two attached hydrogens (primary N) is 1. The zero-order chi connectivity index (χ0) is 15.9. The molecule has 2 rings (SSSR count). The normalized spacial score (nSPS) is 11.0. The van der Waals surface area contributed by atoms with Gasteiger partial charge >= 0.3 is 0 Å². The summed E-state index contributed by atoms with van der Waals surface area (Å²) in [6.07, 6.45) is 0. The Kier molecular flexibility index (Phi) is 5.07. The maximum absolute atomic E-state index is 11.1. The van der Waals surface area contributed by atoms with Crippen molar-refractivity contribution >= 4 is 28.8 Å². The summed E-state index contributed by atoms with van der Waals surface area (Å²) >= 11 is 5.03. The molecule has 0 saturated carbocycles. The first-order valence-electron chi connectivity index (χ1n) is 6.43. The second kappa shape index (κ2) is 7.20. The molecule has 0 aromatic heterocycles. The fourth-order valence-electron chi connectivity index (χ4n) is 1.73. The molecule has 0 fully saturated rings. The summed E-state index contributed by atoms with van der Waals surface area (Å²) in [5, 5.41) is 11.7. The molecule has 0 aliphatic carbocycles. The monoisotopic (exact) mass is 311 g/mol. The molecule has 0 spiro atoms. The maximum Gasteiger partial charge on any atom is 0.241 e. The van der Waals surface area contributed by atoms with Gasteiger partial charge in [0.05, 0.1) is 6.07 Å². The molecule has 2 aromatic carbocycles. The highest BCUT2D eigenvalue weighted by atomic mass is 32.1. The predicted octanol–water partition coefficient (Wildman–Crippen LogP) is 2.84. The highest BCUT2D eigenvalue weighted by Crippen LogP contribution is 2.24. The molecular weight excluding hydrogens is 298 g/mol. The van der Waals surface area contributed by atoms with E-state index in [4.69, 9.17) is 28.0 Å². The van der Waals surface area contributed by atoms with E-state index in [2.05, 4.69) is 5.32 Å². The third-order valence-electron chi connectivity index (χ3n) is 2.76. The minimum Gasteiger partial charge on any atom is -0.457 e. The van der Waals surface area contributed by atoms with Gasteiger partial charge in [0.1, 0.15) is 16.5 Å². The molecule has 110 valence electrons. The molecule has 0 heterocycles. The van der Waals surface area contributed by atoms with Crippen LogP contribution in [0.15, 0.2) is 54.6 Å². The van der Waals surface area contributed by atoms with Crippen molar-refractivity contribution in [2.75, 3.05) is 5.32 Å². The Morgan fingerprint density at radius 3 is 2.50 bits per heavy atom. The molecule has 0 radical (unpaired) electrons. The van der Waals surface area contributed by atoms with E-state index in [-0.39, 0.29) is 4.99 Å². The van der Waals surface area contributed by atoms with Crippen molar-refractivity contribution in [3.63, 3.8) is 0 Å². The summed E-state index contributed by atoms with van der Waals surface area (Å²) in [4.78, 5) is 11.2. The van der Waals surface area contributed by atoms with Crippen molar-refractivity contribution in [3.8, 4) is 17.6 Å². The van der Waals surface area contributed by atoms with E-state index in [0.717, 1.165) is 0 Å². The lowest BCUT2D eigenvalue weighted by Crippen LogP contribution is -2.32. The number of nitrogens with one attached hydrogen (secondary N) is 1. The third-order valence-corrected chi connectivity index (χ3v) is 3.09. The molecule has 5 nitrogen and oxygen atoms in total. The van der Waals surface area contributed by atoms with Crippen molar-refractivity contribution in [2.24, 2.45) is 11.7 Å². The minimum absolute atomic E-state index is 0.0619. The number of carbonyl (C=O) groups is 1. The average molecular weight is 311 g/mol. The van der Waals surface area contributed by atoms with Crippen LogP contribution in [0.25, 0.3) is 0 Å². The van der Waals surface area contributed by atoms with Crippen molar-refractivity contribution in [1.82, 2.24) is 0 Å². The number of hydrogen-bond donors (Lipinski definition) is 2. The van der Waals surface area contributed by atoms with E-state index in [9.17, 15) is 4.79 Å². The number of hydrogen-bond acceptors (Lipinski definition) is 4. The van der Waals surface area contributed by atoms with Gasteiger partial charge < -0.3 is 15.8 Å². The van der Waals surface area contributed by atoms with Crippen LogP contribution >= 0.6 is 12.2 Å². The summed E-state index contributed by atoms with van der Waals surface area (Å²) in [6, 6.07) is 18.1. The van der Waals surface area contributed by atoms with Gasteiger partial charge in [0.15, 0.2) is 5.92 Å². The molecule has 1 amide bonds. The van der Waals surface area contributed by atoms with Gasteiger partial charge in [-0.2, -0.15) is 5.26 Å². The number of nitriles is 1. The van der Waals surface area contributed by atoms with Gasteiger partial charge in [-0.05, 0) is 24.3 Å². The summed E-state index contributed by atoms with van der Waals surface area (Å²) in [7, 11) is 0. The van der Waals surface area contributed by atoms with Crippen LogP contribution in [0.5, 0.6) is 11.5 Å². The summed E-state index contributed by atoms with van der Waals surface area (Å²) in [5.41, 5.74) is 5.73. The number of primary amides is 1. The number of ether oxygens (including phenoxy) is 1. The second-order valence-corrected chi connectivity index (χ2v) is 4.84. The third kappa shape index (κ3) is 4.04. The van der Waals surface area contributed by atoms with Gasteiger partial charge in [-0.15, -0.1) is 0 Å². The van der Waals surface area contributed by atoms with Crippen LogP contribution < -0.4 is 15.8 Å². The first-order valence-corrected chi connectivity index (χ1v) is 6.84. The van der Waals surface area contributed by atoms with Gasteiger partial charge in [-0.25, -0.2) is 0 Å². The van der Waals surface area contributed by atoms with Gasteiger partial charge in [-0.1, -0.05) is 36.5 Å². The van der Waals surface area contributed by atoms with Crippen LogP contribution in [0.1, 0.15) is 0 Å². The first-order chi connectivity index (χ1) is 10.6. The molecule has 3 N–H and O–H groups in total. The topological polar surface area (TPSA) is 88.1 Å². The van der Waals surface area contributed by atoms with E-state index in [1.807, 2.05) is 30.3 Å². The Hall–Kier alpha value is -2.91. The van der Waals surface area contributed by atoms with Crippen molar-refractivity contribution in [3.05, 3.63) is 54.6 Å². The molecule has 0 aliphatic rings. The quantitative estimate of drug-likeness (QED) is 0.829. The van der Waals surface area contributed by atoms with Gasteiger partial charge in [0.25, 0.3) is 0 Å². The lowest BCUT2D eigenvalue weighted by molar-refractivity contribution is -0.118. The molecule has 1 unspecified atom stereocenters. The zero-order valence-corrected chi connectivity index (χ0v) is 12.3. The fourth-order valence-corrected chi connectivity index (χ4v) is 2.01. The molecular formula is C16H13N3O2S. The number of anilines is 1. The number of rotatable bonds is 5. The van der Waals surface area contributed by atoms with Crippen LogP contribution in [0.2, 0.25) is 0 Å². The van der Waals surface area contributed by atoms with E-state index in [1.165, 1.54) is 0 Å². The number of amides is 1. The van der Waals surface area contributed by atoms with E-state index < -0.39 is 11.8 Å². The van der Waals surface area contributed by atoms with Crippen molar-refractivity contribution in [1.29, 1.82) is 5.26 Å². The van der Waals surface area contributed by atoms with E-state index in [1.54, 1.807) is 30.3 Å². The zero-order valence-electron chi connectivity index (χ0n) is 11.5. The lowest BCUT2D eigenvalue weighted by Gasteiger charge is -2.12. The molecule has 1 atom stereocenters. The Morgan fingerprint density at radius 1 is 1.18 bits per heavy atom. The molecule has 2 aromatic rings. The summed E-state index contributed by atoms with van der Waals surface area (Å²) in [5.74, 6) is -0.633. The molecule has 22 heavy (non-hydrogen) atoms. The fraction of sp³-hybridized carbons (Fsp3) is 0.0625. The van der Waals surface area contributed by atoms with Crippen LogP contribution in [0.4, 0.5) is 5.69 Å². The van der Waals surface area contributed by atoms with Gasteiger partial charge in [0, 0.05) is 11.8 Å². The van der Waals surface area contributed by atoms with Crippen LogP contribution in [0.3, 0.4) is 0 Å². The SMILES string of the molecule is N#CC(C(N)=O)C(=S)Nc1cccc(Oc2ccccc2)c1. The maximum atomic E-state index is 11.1. The average Bonchev–Trinajstić information content (AvgIpc) is 2.49. The first kappa shape index (κ1) is 15.5. The van der Waals surface area contributed by atoms with E-state index >= 15 is 0 Å².